The van der Waals surface area contributed by atoms with Gasteiger partial charge < -0.3 is 14.3 Å². The van der Waals surface area contributed by atoms with Gasteiger partial charge in [0.15, 0.2) is 11.5 Å². The second kappa shape index (κ2) is 7.92. The summed E-state index contributed by atoms with van der Waals surface area (Å²) in [6.07, 6.45) is 11.8. The Morgan fingerprint density at radius 3 is 2.58 bits per heavy atom. The van der Waals surface area contributed by atoms with E-state index in [1.165, 1.54) is 13.3 Å². The van der Waals surface area contributed by atoms with Crippen LogP contribution in [0.4, 0.5) is 0 Å². The lowest BCUT2D eigenvalue weighted by molar-refractivity contribution is 0.215. The molecule has 0 N–H and O–H groups in total. The van der Waals surface area contributed by atoms with Crippen molar-refractivity contribution in [2.24, 2.45) is 5.16 Å². The fraction of sp³-hybridized carbons (Fsp3) is 0.214. The molecule has 0 aliphatic heterocycles. The maximum absolute atomic E-state index is 6.10. The molecule has 0 heterocycles. The minimum atomic E-state index is 0.0810. The predicted molar refractivity (Wildman–Crippen MR) is 74.7 cm³/mol. The first-order chi connectivity index (χ1) is 9.22. The van der Waals surface area contributed by atoms with Gasteiger partial charge in [-0.25, -0.2) is 0 Å². The fourth-order valence-electron chi connectivity index (χ4n) is 1.26. The third-order valence-electron chi connectivity index (χ3n) is 1.95. The van der Waals surface area contributed by atoms with Gasteiger partial charge in [0.1, 0.15) is 20.3 Å². The topological polar surface area (TPSA) is 40.0 Å². The molecule has 0 amide bonds. The minimum absolute atomic E-state index is 0.0810. The van der Waals surface area contributed by atoms with Gasteiger partial charge in [-0.2, -0.15) is 0 Å². The summed E-state index contributed by atoms with van der Waals surface area (Å²) >= 11 is 6.10. The van der Waals surface area contributed by atoms with Crippen LogP contribution in [-0.2, 0) is 4.84 Å². The Labute approximate surface area is 117 Å². The van der Waals surface area contributed by atoms with E-state index in [2.05, 4.69) is 21.8 Å². The van der Waals surface area contributed by atoms with Gasteiger partial charge in [-0.05, 0) is 12.1 Å². The van der Waals surface area contributed by atoms with Gasteiger partial charge in [-0.1, -0.05) is 28.6 Å². The van der Waals surface area contributed by atoms with Crippen LogP contribution in [-0.4, -0.2) is 26.5 Å². The van der Waals surface area contributed by atoms with Crippen molar-refractivity contribution in [1.82, 2.24) is 0 Å². The van der Waals surface area contributed by atoms with Gasteiger partial charge in [0.05, 0.1) is 11.2 Å². The molecular formula is C14H12ClNO3. The third-order valence-corrected chi connectivity index (χ3v) is 2.23. The maximum Gasteiger partial charge on any atom is 0.181 e. The number of ether oxygens (including phenoxy) is 2. The van der Waals surface area contributed by atoms with E-state index in [0.29, 0.717) is 22.1 Å². The normalized spacial score (nSPS) is 9.68. The molecule has 1 rings (SSSR count). The van der Waals surface area contributed by atoms with Crippen LogP contribution in [0.3, 0.4) is 0 Å². The number of rotatable bonds is 6. The summed E-state index contributed by atoms with van der Waals surface area (Å²) in [5.74, 6) is 5.47. The molecule has 0 aliphatic carbocycles. The zero-order valence-electron chi connectivity index (χ0n) is 10.4. The van der Waals surface area contributed by atoms with E-state index in [1.54, 1.807) is 12.1 Å². The van der Waals surface area contributed by atoms with Crippen LogP contribution in [0.5, 0.6) is 11.5 Å². The molecule has 0 aliphatic rings. The lowest BCUT2D eigenvalue weighted by Crippen LogP contribution is -2.01. The number of nitrogens with zero attached hydrogens (tertiary/aromatic N) is 1. The number of benzene rings is 1. The molecule has 1 aromatic rings. The second-order valence-corrected chi connectivity index (χ2v) is 3.64. The number of oxime groups is 1. The molecule has 98 valence electrons. The van der Waals surface area contributed by atoms with Crippen molar-refractivity contribution in [3.63, 3.8) is 0 Å². The van der Waals surface area contributed by atoms with Gasteiger partial charge in [-0.3, -0.25) is 0 Å². The third kappa shape index (κ3) is 4.46. The van der Waals surface area contributed by atoms with Gasteiger partial charge in [0.2, 0.25) is 0 Å². The van der Waals surface area contributed by atoms with Crippen LogP contribution in [0.15, 0.2) is 17.3 Å². The van der Waals surface area contributed by atoms with E-state index in [-0.39, 0.29) is 13.2 Å². The van der Waals surface area contributed by atoms with Crippen molar-refractivity contribution in [3.05, 3.63) is 22.7 Å². The lowest BCUT2D eigenvalue weighted by Gasteiger charge is -2.12. The van der Waals surface area contributed by atoms with Crippen LogP contribution >= 0.6 is 11.6 Å². The first-order valence-electron chi connectivity index (χ1n) is 5.25. The summed E-state index contributed by atoms with van der Waals surface area (Å²) < 4.78 is 10.7. The van der Waals surface area contributed by atoms with Gasteiger partial charge in [-0.15, -0.1) is 12.8 Å². The number of hydrogen-bond acceptors (Lipinski definition) is 4. The molecule has 0 radical (unpaired) electrons. The molecule has 5 heteroatoms. The summed E-state index contributed by atoms with van der Waals surface area (Å²) in [4.78, 5) is 4.60. The van der Waals surface area contributed by atoms with Crippen LogP contribution in [0.1, 0.15) is 5.56 Å². The zero-order valence-corrected chi connectivity index (χ0v) is 11.1. The minimum Gasteiger partial charge on any atom is -0.477 e. The van der Waals surface area contributed by atoms with Crippen molar-refractivity contribution >= 4 is 17.8 Å². The molecular weight excluding hydrogens is 266 g/mol. The molecule has 1 aromatic carbocycles. The summed E-state index contributed by atoms with van der Waals surface area (Å²) in [5, 5.41) is 3.99. The Bertz CT molecular complexity index is 541. The summed E-state index contributed by atoms with van der Waals surface area (Å²) in [6.45, 7) is 0.172. The quantitative estimate of drug-likeness (QED) is 0.455. The highest BCUT2D eigenvalue weighted by Gasteiger charge is 2.12. The first kappa shape index (κ1) is 14.8. The predicted octanol–water partition coefficient (Wildman–Crippen LogP) is 2.34. The van der Waals surface area contributed by atoms with E-state index in [4.69, 9.17) is 33.9 Å². The van der Waals surface area contributed by atoms with E-state index < -0.39 is 0 Å². The lowest BCUT2D eigenvalue weighted by atomic mass is 10.2. The Kier molecular flexibility index (Phi) is 6.15. The van der Waals surface area contributed by atoms with Gasteiger partial charge in [0.25, 0.3) is 0 Å². The van der Waals surface area contributed by atoms with E-state index in [9.17, 15) is 0 Å². The molecule has 0 saturated heterocycles. The van der Waals surface area contributed by atoms with Crippen LogP contribution in [0, 0.1) is 24.7 Å². The Morgan fingerprint density at radius 2 is 1.95 bits per heavy atom. The van der Waals surface area contributed by atoms with Crippen molar-refractivity contribution < 1.29 is 14.3 Å². The molecule has 0 unspecified atom stereocenters. The number of hydrogen-bond donors (Lipinski definition) is 0. The molecule has 4 nitrogen and oxygen atoms in total. The van der Waals surface area contributed by atoms with E-state index in [0.717, 1.165) is 0 Å². The van der Waals surface area contributed by atoms with Crippen molar-refractivity contribution in [1.29, 1.82) is 0 Å². The van der Waals surface area contributed by atoms with Crippen LogP contribution in [0.25, 0.3) is 0 Å². The standard InChI is InChI=1S/C14H12ClNO3/c1-4-6-18-13-9-11(10-16-17-3)8-12(15)14(13)19-7-5-2/h1-2,8-10H,6-7H2,3H3. The van der Waals surface area contributed by atoms with Crippen molar-refractivity contribution in [3.8, 4) is 36.2 Å². The molecule has 0 saturated carbocycles. The average Bonchev–Trinajstić information content (AvgIpc) is 2.41. The van der Waals surface area contributed by atoms with Gasteiger partial charge >= 0.3 is 0 Å². The second-order valence-electron chi connectivity index (χ2n) is 3.23. The van der Waals surface area contributed by atoms with E-state index in [1.807, 2.05) is 0 Å². The molecule has 0 bridgehead atoms. The zero-order chi connectivity index (χ0) is 14.1. The first-order valence-corrected chi connectivity index (χ1v) is 5.63. The molecule has 19 heavy (non-hydrogen) atoms. The largest absolute Gasteiger partial charge is 0.477 e. The maximum atomic E-state index is 6.10. The highest BCUT2D eigenvalue weighted by atomic mass is 35.5. The van der Waals surface area contributed by atoms with Crippen molar-refractivity contribution in [2.75, 3.05) is 20.3 Å². The summed E-state index contributed by atoms with van der Waals surface area (Å²) in [6, 6.07) is 3.33. The van der Waals surface area contributed by atoms with E-state index >= 15 is 0 Å². The van der Waals surface area contributed by atoms with Crippen LogP contribution in [0.2, 0.25) is 5.02 Å². The number of terminal acetylenes is 2. The highest BCUT2D eigenvalue weighted by Crippen LogP contribution is 2.36. The monoisotopic (exact) mass is 277 g/mol. The van der Waals surface area contributed by atoms with Crippen LogP contribution < -0.4 is 9.47 Å². The summed E-state index contributed by atoms with van der Waals surface area (Å²) in [7, 11) is 1.44. The Hall–Kier alpha value is -2.30. The van der Waals surface area contributed by atoms with Gasteiger partial charge in [0, 0.05) is 5.56 Å². The Balaban J connectivity index is 3.11. The van der Waals surface area contributed by atoms with Crippen molar-refractivity contribution in [2.45, 2.75) is 0 Å². The number of halogens is 1. The average molecular weight is 278 g/mol. The molecule has 0 atom stereocenters. The highest BCUT2D eigenvalue weighted by molar-refractivity contribution is 6.32. The SMILES string of the molecule is C#CCOc1cc(C=NOC)cc(Cl)c1OCC#C. The fourth-order valence-corrected chi connectivity index (χ4v) is 1.53. The smallest absolute Gasteiger partial charge is 0.181 e. The molecule has 0 fully saturated rings. The molecule has 0 aromatic heterocycles. The summed E-state index contributed by atoms with van der Waals surface area (Å²) in [5.41, 5.74) is 0.687. The Morgan fingerprint density at radius 1 is 1.26 bits per heavy atom. The molecule has 0 spiro atoms.